The van der Waals surface area contributed by atoms with Crippen molar-refractivity contribution in [3.63, 3.8) is 0 Å². The number of carbonyl (C=O) groups excluding carboxylic acids is 1. The summed E-state index contributed by atoms with van der Waals surface area (Å²) in [6.07, 6.45) is 0. The third-order valence-corrected chi connectivity index (χ3v) is 2.88. The lowest BCUT2D eigenvalue weighted by Crippen LogP contribution is -2.37. The second kappa shape index (κ2) is 7.16. The topological polar surface area (TPSA) is 59.6 Å². The van der Waals surface area contributed by atoms with E-state index in [1.54, 1.807) is 19.2 Å². The lowest BCUT2D eigenvalue weighted by atomic mass is 10.2. The van der Waals surface area contributed by atoms with E-state index in [1.807, 2.05) is 0 Å². The Balaban J connectivity index is 2.78. The molecule has 2 N–H and O–H groups in total. The predicted octanol–water partition coefficient (Wildman–Crippen LogP) is 1.87. The van der Waals surface area contributed by atoms with Crippen LogP contribution in [0.5, 0.6) is 11.5 Å². The van der Waals surface area contributed by atoms with Crippen LogP contribution in [0.25, 0.3) is 0 Å². The Bertz CT molecular complexity index is 494. The van der Waals surface area contributed by atoms with Crippen molar-refractivity contribution in [2.24, 2.45) is 0 Å². The van der Waals surface area contributed by atoms with Crippen LogP contribution in [0.4, 0.5) is 0 Å². The molecule has 0 bridgehead atoms. The van der Waals surface area contributed by atoms with Crippen LogP contribution in [-0.2, 0) is 11.3 Å². The molecule has 19 heavy (non-hydrogen) atoms. The molecule has 0 fully saturated rings. The number of carbonyl (C=O) groups is 1. The van der Waals surface area contributed by atoms with E-state index in [4.69, 9.17) is 33.3 Å². The Hall–Kier alpha value is -1.53. The van der Waals surface area contributed by atoms with E-state index in [0.29, 0.717) is 23.1 Å². The summed E-state index contributed by atoms with van der Waals surface area (Å²) in [6.45, 7) is 1.76. The van der Waals surface area contributed by atoms with Crippen molar-refractivity contribution >= 4 is 34.8 Å². The highest BCUT2D eigenvalue weighted by Gasteiger charge is 2.10. The lowest BCUT2D eigenvalue weighted by Gasteiger charge is -2.13. The molecule has 0 atom stereocenters. The van der Waals surface area contributed by atoms with Crippen LogP contribution in [-0.4, -0.2) is 25.2 Å². The van der Waals surface area contributed by atoms with Crippen molar-refractivity contribution in [3.05, 3.63) is 22.7 Å². The Morgan fingerprint density at radius 2 is 1.89 bits per heavy atom. The molecule has 1 aromatic rings. The van der Waals surface area contributed by atoms with E-state index in [1.165, 1.54) is 14.0 Å². The van der Waals surface area contributed by atoms with Gasteiger partial charge < -0.3 is 20.1 Å². The van der Waals surface area contributed by atoms with Crippen LogP contribution < -0.4 is 20.1 Å². The van der Waals surface area contributed by atoms with E-state index < -0.39 is 0 Å². The Kier molecular flexibility index (Phi) is 5.85. The highest BCUT2D eigenvalue weighted by atomic mass is 35.5. The summed E-state index contributed by atoms with van der Waals surface area (Å²) in [7, 11) is 3.09. The molecule has 0 aliphatic carbocycles. The minimum absolute atomic E-state index is 0.226. The molecular formula is C12H15ClN2O3S. The monoisotopic (exact) mass is 302 g/mol. The predicted molar refractivity (Wildman–Crippen MR) is 77.8 cm³/mol. The molecule has 104 valence electrons. The maximum Gasteiger partial charge on any atom is 0.222 e. The number of amides is 1. The van der Waals surface area contributed by atoms with Gasteiger partial charge in [0.2, 0.25) is 5.91 Å². The molecule has 0 radical (unpaired) electrons. The molecule has 0 heterocycles. The molecule has 5 nitrogen and oxygen atoms in total. The number of benzene rings is 1. The normalized spacial score (nSPS) is 9.68. The van der Waals surface area contributed by atoms with E-state index in [9.17, 15) is 4.79 Å². The molecule has 1 amide bonds. The molecule has 0 saturated heterocycles. The first-order valence-corrected chi connectivity index (χ1v) is 6.22. The quantitative estimate of drug-likeness (QED) is 0.832. The average molecular weight is 303 g/mol. The van der Waals surface area contributed by atoms with E-state index in [0.717, 1.165) is 5.56 Å². The fraction of sp³-hybridized carbons (Fsp3) is 0.333. The Morgan fingerprint density at radius 1 is 1.32 bits per heavy atom. The van der Waals surface area contributed by atoms with Gasteiger partial charge in [0.05, 0.1) is 14.2 Å². The third kappa shape index (κ3) is 4.57. The standard InChI is InChI=1S/C12H15ClN2O3S/c1-7(16)15-12(19)14-6-8-4-10(17-2)11(18-3)5-9(8)13/h4-5H,6H2,1-3H3,(H2,14,15,16,19). The van der Waals surface area contributed by atoms with Gasteiger partial charge in [0.15, 0.2) is 16.6 Å². The number of rotatable bonds is 4. The molecule has 0 unspecified atom stereocenters. The Morgan fingerprint density at radius 3 is 2.42 bits per heavy atom. The zero-order valence-electron chi connectivity index (χ0n) is 10.9. The van der Waals surface area contributed by atoms with Crippen molar-refractivity contribution in [1.82, 2.24) is 10.6 Å². The molecule has 0 aliphatic heterocycles. The van der Waals surface area contributed by atoms with Gasteiger partial charge in [-0.3, -0.25) is 4.79 Å². The molecule has 7 heteroatoms. The largest absolute Gasteiger partial charge is 0.493 e. The van der Waals surface area contributed by atoms with Gasteiger partial charge in [-0.2, -0.15) is 0 Å². The second-order valence-electron chi connectivity index (χ2n) is 3.66. The molecule has 1 aromatic carbocycles. The van der Waals surface area contributed by atoms with Crippen LogP contribution in [0.2, 0.25) is 5.02 Å². The van der Waals surface area contributed by atoms with Gasteiger partial charge in [-0.15, -0.1) is 0 Å². The molecule has 0 saturated carbocycles. The van der Waals surface area contributed by atoms with E-state index in [-0.39, 0.29) is 11.0 Å². The number of methoxy groups -OCH3 is 2. The summed E-state index contributed by atoms with van der Waals surface area (Å²) in [4.78, 5) is 10.8. The molecule has 1 rings (SSSR count). The number of nitrogens with one attached hydrogen (secondary N) is 2. The van der Waals surface area contributed by atoms with Gasteiger partial charge in [-0.05, 0) is 23.8 Å². The molecule has 0 aliphatic rings. The van der Waals surface area contributed by atoms with Crippen molar-refractivity contribution in [2.45, 2.75) is 13.5 Å². The molecule has 0 spiro atoms. The van der Waals surface area contributed by atoms with Crippen LogP contribution in [0.1, 0.15) is 12.5 Å². The first kappa shape index (κ1) is 15.5. The molecule has 0 aromatic heterocycles. The van der Waals surface area contributed by atoms with Gasteiger partial charge in [0.1, 0.15) is 0 Å². The fourth-order valence-corrected chi connectivity index (χ4v) is 1.85. The number of hydrogen-bond acceptors (Lipinski definition) is 4. The van der Waals surface area contributed by atoms with Crippen molar-refractivity contribution < 1.29 is 14.3 Å². The summed E-state index contributed by atoms with van der Waals surface area (Å²) in [5.41, 5.74) is 0.784. The maximum absolute atomic E-state index is 10.8. The summed E-state index contributed by atoms with van der Waals surface area (Å²) in [5, 5.41) is 6.12. The highest BCUT2D eigenvalue weighted by molar-refractivity contribution is 7.80. The minimum Gasteiger partial charge on any atom is -0.493 e. The summed E-state index contributed by atoms with van der Waals surface area (Å²) < 4.78 is 10.3. The van der Waals surface area contributed by atoms with Crippen LogP contribution in [0.15, 0.2) is 12.1 Å². The Labute approximate surface area is 122 Å². The summed E-state index contributed by atoms with van der Waals surface area (Å²) >= 11 is 11.1. The second-order valence-corrected chi connectivity index (χ2v) is 4.48. The summed E-state index contributed by atoms with van der Waals surface area (Å²) in [5.74, 6) is 0.908. The smallest absolute Gasteiger partial charge is 0.222 e. The zero-order valence-corrected chi connectivity index (χ0v) is 12.4. The maximum atomic E-state index is 10.8. The SMILES string of the molecule is COc1cc(Cl)c(CNC(=S)NC(C)=O)cc1OC. The first-order valence-electron chi connectivity index (χ1n) is 5.43. The highest BCUT2D eigenvalue weighted by Crippen LogP contribution is 2.32. The van der Waals surface area contributed by atoms with E-state index in [2.05, 4.69) is 10.6 Å². The van der Waals surface area contributed by atoms with Gasteiger partial charge in [-0.25, -0.2) is 0 Å². The first-order chi connectivity index (χ1) is 8.97. The minimum atomic E-state index is -0.226. The molecular weight excluding hydrogens is 288 g/mol. The van der Waals surface area contributed by atoms with E-state index >= 15 is 0 Å². The average Bonchev–Trinajstić information content (AvgIpc) is 2.36. The number of halogens is 1. The number of ether oxygens (including phenoxy) is 2. The number of thiocarbonyl (C=S) groups is 1. The van der Waals surface area contributed by atoms with Crippen molar-refractivity contribution in [2.75, 3.05) is 14.2 Å². The lowest BCUT2D eigenvalue weighted by molar-refractivity contribution is -0.117. The van der Waals surface area contributed by atoms with Gasteiger partial charge in [0, 0.05) is 24.6 Å². The van der Waals surface area contributed by atoms with Crippen LogP contribution >= 0.6 is 23.8 Å². The third-order valence-electron chi connectivity index (χ3n) is 2.28. The van der Waals surface area contributed by atoms with Crippen LogP contribution in [0, 0.1) is 0 Å². The van der Waals surface area contributed by atoms with Crippen LogP contribution in [0.3, 0.4) is 0 Å². The summed E-state index contributed by atoms with van der Waals surface area (Å²) in [6, 6.07) is 3.42. The van der Waals surface area contributed by atoms with Gasteiger partial charge in [-0.1, -0.05) is 11.6 Å². The zero-order chi connectivity index (χ0) is 14.4. The van der Waals surface area contributed by atoms with Crippen molar-refractivity contribution in [1.29, 1.82) is 0 Å². The number of hydrogen-bond donors (Lipinski definition) is 2. The fourth-order valence-electron chi connectivity index (χ4n) is 1.41. The van der Waals surface area contributed by atoms with Crippen molar-refractivity contribution in [3.8, 4) is 11.5 Å². The van der Waals surface area contributed by atoms with Gasteiger partial charge >= 0.3 is 0 Å². The van der Waals surface area contributed by atoms with Gasteiger partial charge in [0.25, 0.3) is 0 Å².